The number of piperidine rings is 1. The first-order valence-corrected chi connectivity index (χ1v) is 9.27. The lowest BCUT2D eigenvalue weighted by Crippen LogP contribution is -2.44. The summed E-state index contributed by atoms with van der Waals surface area (Å²) in [4.78, 5) is 7.53. The Labute approximate surface area is 148 Å². The molecule has 1 fully saturated rings. The van der Waals surface area contributed by atoms with Crippen LogP contribution in [0.25, 0.3) is 0 Å². The van der Waals surface area contributed by atoms with E-state index in [9.17, 15) is 17.2 Å². The van der Waals surface area contributed by atoms with Crippen LogP contribution in [-0.2, 0) is 10.0 Å². The van der Waals surface area contributed by atoms with E-state index >= 15 is 0 Å². The van der Waals surface area contributed by atoms with Gasteiger partial charge in [0.25, 0.3) is 0 Å². The molecule has 0 bridgehead atoms. The van der Waals surface area contributed by atoms with Crippen LogP contribution in [0.5, 0.6) is 6.01 Å². The van der Waals surface area contributed by atoms with Gasteiger partial charge in [-0.25, -0.2) is 27.2 Å². The van der Waals surface area contributed by atoms with Crippen molar-refractivity contribution in [2.24, 2.45) is 0 Å². The number of ether oxygens (including phenoxy) is 1. The van der Waals surface area contributed by atoms with Crippen molar-refractivity contribution >= 4 is 21.6 Å². The molecule has 0 spiro atoms. The Morgan fingerprint density at radius 1 is 1.20 bits per heavy atom. The van der Waals surface area contributed by atoms with Crippen molar-refractivity contribution in [1.29, 1.82) is 0 Å². The zero-order valence-corrected chi connectivity index (χ0v) is 14.5. The van der Waals surface area contributed by atoms with Gasteiger partial charge in [-0.05, 0) is 31.0 Å². The van der Waals surface area contributed by atoms with Crippen LogP contribution >= 0.6 is 11.6 Å². The van der Waals surface area contributed by atoms with Crippen LogP contribution in [-0.4, -0.2) is 41.9 Å². The molecule has 1 unspecified atom stereocenters. The third kappa shape index (κ3) is 4.05. The minimum absolute atomic E-state index is 0.0628. The summed E-state index contributed by atoms with van der Waals surface area (Å²) in [6, 6.07) is 2.61. The average Bonchev–Trinajstić information content (AvgIpc) is 2.59. The van der Waals surface area contributed by atoms with Crippen molar-refractivity contribution < 1.29 is 21.9 Å². The predicted molar refractivity (Wildman–Crippen MR) is 85.8 cm³/mol. The predicted octanol–water partition coefficient (Wildman–Crippen LogP) is 2.64. The van der Waals surface area contributed by atoms with E-state index in [-0.39, 0.29) is 24.0 Å². The van der Waals surface area contributed by atoms with E-state index in [1.54, 1.807) is 0 Å². The van der Waals surface area contributed by atoms with Crippen LogP contribution < -0.4 is 4.74 Å². The molecule has 1 aromatic heterocycles. The van der Waals surface area contributed by atoms with Gasteiger partial charge in [-0.3, -0.25) is 0 Å². The topological polar surface area (TPSA) is 72.4 Å². The summed E-state index contributed by atoms with van der Waals surface area (Å²) >= 11 is 5.70. The highest BCUT2D eigenvalue weighted by Crippen LogP contribution is 2.24. The maximum absolute atomic E-state index is 13.4. The van der Waals surface area contributed by atoms with Crippen LogP contribution in [0.1, 0.15) is 12.8 Å². The standard InChI is InChI=1S/C15H14ClF2N3O3S/c16-10-7-19-15(20-8-10)24-11-2-1-5-21(9-11)25(22,23)12-3-4-13(17)14(18)6-12/h3-4,6-8,11H,1-2,5,9H2. The molecule has 0 amide bonds. The fraction of sp³-hybridized carbons (Fsp3) is 0.333. The van der Waals surface area contributed by atoms with E-state index < -0.39 is 27.8 Å². The molecule has 2 aromatic rings. The number of sulfonamides is 1. The van der Waals surface area contributed by atoms with E-state index in [0.717, 1.165) is 12.1 Å². The number of rotatable bonds is 4. The highest BCUT2D eigenvalue weighted by molar-refractivity contribution is 7.89. The number of hydrogen-bond acceptors (Lipinski definition) is 5. The van der Waals surface area contributed by atoms with Crippen LogP contribution in [0.3, 0.4) is 0 Å². The molecule has 0 aliphatic carbocycles. The van der Waals surface area contributed by atoms with Crippen LogP contribution in [0, 0.1) is 11.6 Å². The lowest BCUT2D eigenvalue weighted by Gasteiger charge is -2.31. The van der Waals surface area contributed by atoms with Crippen LogP contribution in [0.4, 0.5) is 8.78 Å². The summed E-state index contributed by atoms with van der Waals surface area (Å²) in [6.07, 6.45) is 3.48. The van der Waals surface area contributed by atoms with E-state index in [1.165, 1.54) is 16.7 Å². The van der Waals surface area contributed by atoms with Gasteiger partial charge >= 0.3 is 6.01 Å². The molecular formula is C15H14ClF2N3O3S. The van der Waals surface area contributed by atoms with E-state index in [2.05, 4.69) is 9.97 Å². The molecule has 1 aliphatic heterocycles. The monoisotopic (exact) mass is 389 g/mol. The second-order valence-electron chi connectivity index (χ2n) is 5.50. The maximum atomic E-state index is 13.4. The zero-order valence-electron chi connectivity index (χ0n) is 12.9. The summed E-state index contributed by atoms with van der Waals surface area (Å²) in [6.45, 7) is 0.329. The third-order valence-electron chi connectivity index (χ3n) is 3.74. The SMILES string of the molecule is O=S(=O)(c1ccc(F)c(F)c1)N1CCCC(Oc2ncc(Cl)cn2)C1. The average molecular weight is 390 g/mol. The molecule has 3 rings (SSSR count). The van der Waals surface area contributed by atoms with Crippen molar-refractivity contribution in [2.75, 3.05) is 13.1 Å². The van der Waals surface area contributed by atoms with Crippen molar-refractivity contribution in [3.63, 3.8) is 0 Å². The molecule has 1 atom stereocenters. The van der Waals surface area contributed by atoms with E-state index in [1.807, 2.05) is 0 Å². The van der Waals surface area contributed by atoms with Gasteiger partial charge < -0.3 is 4.74 Å². The molecule has 134 valence electrons. The summed E-state index contributed by atoms with van der Waals surface area (Å²) in [5.41, 5.74) is 0. The molecular weight excluding hydrogens is 376 g/mol. The van der Waals surface area contributed by atoms with Gasteiger partial charge in [0.1, 0.15) is 6.10 Å². The Hall–Kier alpha value is -1.84. The van der Waals surface area contributed by atoms with E-state index in [0.29, 0.717) is 23.9 Å². The van der Waals surface area contributed by atoms with Gasteiger partial charge in [0.05, 0.1) is 28.9 Å². The van der Waals surface area contributed by atoms with Gasteiger partial charge in [-0.15, -0.1) is 0 Å². The molecule has 1 aliphatic rings. The highest BCUT2D eigenvalue weighted by Gasteiger charge is 2.32. The molecule has 0 radical (unpaired) electrons. The number of halogens is 3. The second kappa shape index (κ2) is 7.19. The Morgan fingerprint density at radius 2 is 1.92 bits per heavy atom. The second-order valence-corrected chi connectivity index (χ2v) is 7.88. The lowest BCUT2D eigenvalue weighted by atomic mass is 10.1. The van der Waals surface area contributed by atoms with Crippen LogP contribution in [0.2, 0.25) is 5.02 Å². The Kier molecular flexibility index (Phi) is 5.16. The molecule has 2 heterocycles. The van der Waals surface area contributed by atoms with Gasteiger partial charge in [-0.2, -0.15) is 4.31 Å². The number of aromatic nitrogens is 2. The Balaban J connectivity index is 1.75. The van der Waals surface area contributed by atoms with Crippen molar-refractivity contribution in [1.82, 2.24) is 14.3 Å². The first-order chi connectivity index (χ1) is 11.9. The highest BCUT2D eigenvalue weighted by atomic mass is 35.5. The third-order valence-corrected chi connectivity index (χ3v) is 5.79. The van der Waals surface area contributed by atoms with Gasteiger partial charge in [-0.1, -0.05) is 11.6 Å². The van der Waals surface area contributed by atoms with Gasteiger partial charge in [0, 0.05) is 6.54 Å². The minimum atomic E-state index is -3.95. The summed E-state index contributed by atoms with van der Waals surface area (Å²) < 4.78 is 58.4. The largest absolute Gasteiger partial charge is 0.459 e. The quantitative estimate of drug-likeness (QED) is 0.803. The summed E-state index contributed by atoms with van der Waals surface area (Å²) in [7, 11) is -3.95. The van der Waals surface area contributed by atoms with E-state index in [4.69, 9.17) is 16.3 Å². The van der Waals surface area contributed by atoms with Gasteiger partial charge in [0.2, 0.25) is 10.0 Å². The lowest BCUT2D eigenvalue weighted by molar-refractivity contribution is 0.119. The number of hydrogen-bond donors (Lipinski definition) is 0. The first-order valence-electron chi connectivity index (χ1n) is 7.45. The Morgan fingerprint density at radius 3 is 2.60 bits per heavy atom. The fourth-order valence-corrected chi connectivity index (χ4v) is 4.14. The zero-order chi connectivity index (χ0) is 18.0. The summed E-state index contributed by atoms with van der Waals surface area (Å²) in [5.74, 6) is -2.31. The number of benzene rings is 1. The fourth-order valence-electron chi connectivity index (χ4n) is 2.52. The van der Waals surface area contributed by atoms with Gasteiger partial charge in [0.15, 0.2) is 11.6 Å². The molecule has 1 aromatic carbocycles. The molecule has 25 heavy (non-hydrogen) atoms. The van der Waals surface area contributed by atoms with Crippen LogP contribution in [0.15, 0.2) is 35.5 Å². The molecule has 1 saturated heterocycles. The molecule has 0 N–H and O–H groups in total. The number of nitrogens with zero attached hydrogens (tertiary/aromatic N) is 3. The first kappa shape index (κ1) is 18.0. The normalized spacial score (nSPS) is 18.9. The van der Waals surface area contributed by atoms with Crippen molar-refractivity contribution in [3.05, 3.63) is 47.2 Å². The Bertz CT molecular complexity index is 865. The molecule has 6 nitrogen and oxygen atoms in total. The maximum Gasteiger partial charge on any atom is 0.316 e. The smallest absolute Gasteiger partial charge is 0.316 e. The molecule has 0 saturated carbocycles. The molecule has 10 heteroatoms. The van der Waals surface area contributed by atoms with Crippen molar-refractivity contribution in [2.45, 2.75) is 23.8 Å². The summed E-state index contributed by atoms with van der Waals surface area (Å²) in [5, 5.41) is 0.360. The minimum Gasteiger partial charge on any atom is -0.459 e. The van der Waals surface area contributed by atoms with Crippen molar-refractivity contribution in [3.8, 4) is 6.01 Å².